The van der Waals surface area contributed by atoms with E-state index < -0.39 is 137 Å². The number of ketones is 2. The summed E-state index contributed by atoms with van der Waals surface area (Å²) >= 11 is 4.65. The zero-order chi connectivity index (χ0) is 49.4. The quantitative estimate of drug-likeness (QED) is 0.192. The van der Waals surface area contributed by atoms with Gasteiger partial charge in [-0.25, -0.2) is 17.6 Å². The lowest BCUT2D eigenvalue weighted by Gasteiger charge is -2.63. The highest BCUT2D eigenvalue weighted by atomic mass is 32.2. The molecule has 2 N–H and O–H groups in total. The topological polar surface area (TPSA) is 166 Å². The first-order chi connectivity index (χ1) is 30.8. The van der Waals surface area contributed by atoms with Gasteiger partial charge in [0.25, 0.3) is 5.24 Å². The van der Waals surface area contributed by atoms with Crippen LogP contribution in [0.5, 0.6) is 0 Å². The minimum absolute atomic E-state index is 0.0427. The Bertz CT molecular complexity index is 2380. The summed E-state index contributed by atoms with van der Waals surface area (Å²) in [5.74, 6) is -5.87. The second-order valence-corrected chi connectivity index (χ2v) is 24.1. The molecule has 368 valence electrons. The van der Waals surface area contributed by atoms with Crippen LogP contribution in [0.15, 0.2) is 47.6 Å². The standard InChI is InChI=1S/C26H33F2NO6S.C23H28F2O5S/c1-22(2)34-19-11-14-15-10-17(27)16-9-13(30)7-8-23(16,3)25(15,28)18(31)12-24(14,4)26(19,35-22)20(32)36-21(33)29(5)6;1-19(2)29-17-9-12-13-8-15(24)14-7-11(26)5-6-20(14,3)22(13,25)16(27)10-21(12,4)23(17,30-19)18(28)31/h7-9,14-15,17-19,31H,10-12H2,1-6H3;5-7,12-13,15-17,27H,8-10H2,1-4H3,(H,28,31)/t14-,15-,17-,18-,19+,23-,24-,25-,26-;12-,13-,15-,16-,17+,20-,21-,22-,23-/m00/s1. The Morgan fingerprint density at radius 3 is 1.46 bits per heavy atom. The van der Waals surface area contributed by atoms with E-state index >= 15 is 17.6 Å². The van der Waals surface area contributed by atoms with Crippen LogP contribution in [-0.4, -0.2) is 127 Å². The highest BCUT2D eigenvalue weighted by Crippen LogP contribution is 2.75. The summed E-state index contributed by atoms with van der Waals surface area (Å²) in [4.78, 5) is 64.4. The number of alkyl halides is 4. The number of thioether (sulfide) groups is 1. The van der Waals surface area contributed by atoms with Crippen molar-refractivity contribution in [3.63, 3.8) is 0 Å². The molecule has 0 radical (unpaired) electrons. The lowest BCUT2D eigenvalue weighted by atomic mass is 9.44. The van der Waals surface area contributed by atoms with Crippen molar-refractivity contribution in [3.05, 3.63) is 47.6 Å². The van der Waals surface area contributed by atoms with Crippen LogP contribution in [0.2, 0.25) is 0 Å². The summed E-state index contributed by atoms with van der Waals surface area (Å²) in [6, 6.07) is 0. The van der Waals surface area contributed by atoms with Gasteiger partial charge >= 0.3 is 0 Å². The molecular weight excluding hydrogens is 919 g/mol. The first-order valence-electron chi connectivity index (χ1n) is 23.1. The monoisotopic (exact) mass is 979 g/mol. The number of nitrogens with zero attached hydrogens (tertiary/aromatic N) is 1. The molecule has 2 saturated heterocycles. The van der Waals surface area contributed by atoms with Crippen molar-refractivity contribution >= 4 is 51.4 Å². The van der Waals surface area contributed by atoms with Crippen LogP contribution in [-0.2, 0) is 38.1 Å². The second kappa shape index (κ2) is 14.9. The van der Waals surface area contributed by atoms with E-state index in [1.165, 1.54) is 56.3 Å². The molecule has 2 heterocycles. The van der Waals surface area contributed by atoms with Gasteiger partial charge in [0.2, 0.25) is 10.2 Å². The predicted molar refractivity (Wildman–Crippen MR) is 239 cm³/mol. The van der Waals surface area contributed by atoms with Gasteiger partial charge in [-0.2, -0.15) is 0 Å². The van der Waals surface area contributed by atoms with Crippen molar-refractivity contribution in [1.29, 1.82) is 0 Å². The van der Waals surface area contributed by atoms with Crippen LogP contribution in [0.25, 0.3) is 0 Å². The van der Waals surface area contributed by atoms with E-state index in [1.54, 1.807) is 48.5 Å². The van der Waals surface area contributed by atoms with Crippen molar-refractivity contribution in [2.45, 2.75) is 165 Å². The summed E-state index contributed by atoms with van der Waals surface area (Å²) in [6.45, 7) is 13.4. The van der Waals surface area contributed by atoms with Crippen LogP contribution in [0, 0.1) is 45.3 Å². The number of allylic oxidation sites excluding steroid dienone is 8. The Hall–Kier alpha value is -2.71. The number of carbonyl (C=O) groups excluding carboxylic acids is 5. The molecule has 67 heavy (non-hydrogen) atoms. The van der Waals surface area contributed by atoms with Crippen LogP contribution >= 0.6 is 24.4 Å². The molecule has 0 unspecified atom stereocenters. The van der Waals surface area contributed by atoms with E-state index in [4.69, 9.17) is 18.9 Å². The van der Waals surface area contributed by atoms with Gasteiger partial charge in [0.05, 0.1) is 24.4 Å². The predicted octanol–water partition coefficient (Wildman–Crippen LogP) is 7.01. The van der Waals surface area contributed by atoms with Gasteiger partial charge in [0.1, 0.15) is 12.3 Å². The molecule has 18 heteroatoms. The fraction of sp³-hybridized carbons (Fsp3) is 0.735. The van der Waals surface area contributed by atoms with Crippen molar-refractivity contribution < 1.29 is 70.7 Å². The number of hydrogen-bond acceptors (Lipinski definition) is 12. The van der Waals surface area contributed by atoms with E-state index in [2.05, 4.69) is 12.6 Å². The molecule has 12 nitrogen and oxygen atoms in total. The van der Waals surface area contributed by atoms with Crippen LogP contribution in [0.1, 0.15) is 93.9 Å². The molecule has 6 saturated carbocycles. The van der Waals surface area contributed by atoms with Gasteiger partial charge in [-0.1, -0.05) is 26.0 Å². The molecule has 0 aromatic rings. The average Bonchev–Trinajstić information content (AvgIpc) is 3.84. The first-order valence-corrected chi connectivity index (χ1v) is 24.4. The maximum atomic E-state index is 17.4. The average molecular weight is 980 g/mol. The maximum Gasteiger partial charge on any atom is 0.288 e. The molecule has 0 aromatic carbocycles. The third-order valence-electron chi connectivity index (χ3n) is 18.4. The van der Waals surface area contributed by atoms with Gasteiger partial charge < -0.3 is 34.1 Å². The minimum atomic E-state index is -2.27. The SMILES string of the molecule is CC1(C)O[C@@H]2C[C@H]3[C@@H]4C[C@H](F)C5=CC(=O)C=C[C@]5(C)[C@@]4(F)[C@@H](O)C[C@]3(C)[C@]2(C(=O)S)O1.CN(C)C(=O)SC(=O)[C@@]12OC(C)(C)O[C@@H]1C[C@H]1[C@@H]3C[C@H](F)C4=CC(=O)C=C[C@]4(C)[C@@]3(F)[C@@H](O)C[C@@]12C. The van der Waals surface area contributed by atoms with Crippen molar-refractivity contribution in [1.82, 2.24) is 4.90 Å². The van der Waals surface area contributed by atoms with Crippen LogP contribution in [0.3, 0.4) is 0 Å². The normalized spacial score (nSPS) is 51.2. The molecule has 10 rings (SSSR count). The number of fused-ring (bicyclic) bond motifs is 14. The van der Waals surface area contributed by atoms with Gasteiger partial charge in [-0.05, 0) is 127 Å². The van der Waals surface area contributed by atoms with Crippen molar-refractivity contribution in [2.24, 2.45) is 45.3 Å². The molecule has 0 spiro atoms. The third kappa shape index (κ3) is 6.11. The maximum absolute atomic E-state index is 17.4. The number of ether oxygens (including phenoxy) is 4. The van der Waals surface area contributed by atoms with Crippen LogP contribution < -0.4 is 0 Å². The van der Waals surface area contributed by atoms with E-state index in [9.17, 15) is 34.2 Å². The number of carbonyl (C=O) groups is 5. The zero-order valence-electron chi connectivity index (χ0n) is 39.4. The molecule has 1 amide bonds. The highest BCUT2D eigenvalue weighted by Gasteiger charge is 2.83. The number of aliphatic hydroxyl groups is 2. The summed E-state index contributed by atoms with van der Waals surface area (Å²) in [5, 5.41) is 21.3. The number of aliphatic hydroxyl groups excluding tert-OH is 2. The molecule has 8 fully saturated rings. The molecule has 2 aliphatic heterocycles. The van der Waals surface area contributed by atoms with Gasteiger partial charge in [0, 0.05) is 59.4 Å². The van der Waals surface area contributed by atoms with E-state index in [0.717, 1.165) is 6.08 Å². The minimum Gasteiger partial charge on any atom is -0.390 e. The largest absolute Gasteiger partial charge is 0.390 e. The molecule has 0 aromatic heterocycles. The summed E-state index contributed by atoms with van der Waals surface area (Å²) < 4.78 is 90.2. The lowest BCUT2D eigenvalue weighted by molar-refractivity contribution is -0.246. The molecule has 8 aliphatic carbocycles. The van der Waals surface area contributed by atoms with Crippen molar-refractivity contribution in [3.8, 4) is 0 Å². The zero-order valence-corrected chi connectivity index (χ0v) is 41.1. The summed E-state index contributed by atoms with van der Waals surface area (Å²) in [5.41, 5.74) is -12.5. The van der Waals surface area contributed by atoms with Gasteiger partial charge in [-0.15, -0.1) is 12.6 Å². The summed E-state index contributed by atoms with van der Waals surface area (Å²) in [7, 11) is 3.07. The van der Waals surface area contributed by atoms with Gasteiger partial charge in [0.15, 0.2) is 45.7 Å². The van der Waals surface area contributed by atoms with Crippen LogP contribution in [0.4, 0.5) is 22.4 Å². The van der Waals surface area contributed by atoms with Gasteiger partial charge in [-0.3, -0.25) is 24.0 Å². The molecular formula is C49H61F4NO11S2. The highest BCUT2D eigenvalue weighted by molar-refractivity contribution is 8.26. The third-order valence-corrected chi connectivity index (χ3v) is 19.8. The Morgan fingerprint density at radius 2 is 1.06 bits per heavy atom. The Balaban J connectivity index is 0.000000170. The van der Waals surface area contributed by atoms with E-state index in [0.29, 0.717) is 18.2 Å². The number of rotatable bonds is 2. The molecule has 10 aliphatic rings. The Morgan fingerprint density at radius 1 is 0.672 bits per heavy atom. The lowest BCUT2D eigenvalue weighted by Crippen LogP contribution is -2.70. The fourth-order valence-electron chi connectivity index (χ4n) is 15.6. The molecule has 18 atom stereocenters. The summed E-state index contributed by atoms with van der Waals surface area (Å²) in [6.07, 6.45) is -0.152. The Kier molecular flexibility index (Phi) is 11.0. The number of halogens is 4. The smallest absolute Gasteiger partial charge is 0.288 e. The van der Waals surface area contributed by atoms with E-state index in [1.807, 2.05) is 0 Å². The molecule has 0 bridgehead atoms. The number of hydrogen-bond donors (Lipinski definition) is 3. The van der Waals surface area contributed by atoms with E-state index in [-0.39, 0.29) is 49.0 Å². The second-order valence-electron chi connectivity index (χ2n) is 22.7. The number of amides is 1. The fourth-order valence-corrected chi connectivity index (χ4v) is 16.9. The Labute approximate surface area is 397 Å². The first kappa shape index (κ1) is 49.3. The number of thiol groups is 1. The van der Waals surface area contributed by atoms with Crippen molar-refractivity contribution in [2.75, 3.05) is 14.1 Å².